The van der Waals surface area contributed by atoms with Crippen molar-refractivity contribution in [2.75, 3.05) is 13.1 Å². The highest BCUT2D eigenvalue weighted by atomic mass is 32.1. The van der Waals surface area contributed by atoms with Gasteiger partial charge in [0.25, 0.3) is 5.56 Å². The van der Waals surface area contributed by atoms with Gasteiger partial charge < -0.3 is 9.64 Å². The lowest BCUT2D eigenvalue weighted by atomic mass is 10.2. The number of hydrogen-bond acceptors (Lipinski definition) is 6. The lowest BCUT2D eigenvalue weighted by Crippen LogP contribution is -2.36. The van der Waals surface area contributed by atoms with E-state index in [0.717, 1.165) is 29.5 Å². The lowest BCUT2D eigenvalue weighted by Gasteiger charge is -2.19. The number of fused-ring (bicyclic) bond motifs is 3. The molecule has 0 atom stereocenters. The van der Waals surface area contributed by atoms with Gasteiger partial charge in [-0.15, -0.1) is 0 Å². The van der Waals surface area contributed by atoms with Gasteiger partial charge >= 0.3 is 5.97 Å². The Morgan fingerprint density at radius 3 is 2.93 bits per heavy atom. The molecule has 3 heterocycles. The molecular weight excluding hydrogens is 366 g/mol. The summed E-state index contributed by atoms with van der Waals surface area (Å²) in [6, 6.07) is 8.98. The number of amides is 1. The number of rotatable bonds is 4. The van der Waals surface area contributed by atoms with Crippen LogP contribution in [0.3, 0.4) is 0 Å². The molecule has 4 rings (SSSR count). The third-order valence-electron chi connectivity index (χ3n) is 4.62. The van der Waals surface area contributed by atoms with Gasteiger partial charge in [0.15, 0.2) is 4.96 Å². The molecular formula is C19H19N3O4S. The third-order valence-corrected chi connectivity index (χ3v) is 5.64. The average Bonchev–Trinajstić information content (AvgIpc) is 2.92. The van der Waals surface area contributed by atoms with Crippen molar-refractivity contribution < 1.29 is 14.3 Å². The number of carbonyl (C=O) groups is 2. The molecule has 0 spiro atoms. The molecule has 0 bridgehead atoms. The van der Waals surface area contributed by atoms with Crippen molar-refractivity contribution in [2.24, 2.45) is 0 Å². The van der Waals surface area contributed by atoms with Crippen LogP contribution in [0.4, 0.5) is 0 Å². The second-order valence-corrected chi connectivity index (χ2v) is 7.57. The molecule has 1 fully saturated rings. The standard InChI is InChI=1S/C19H19N3O4S/c23-16-8-2-1-5-9-21(16)11-18(25)26-12-13-10-17(24)22-14-6-3-4-7-15(14)27-19(22)20-13/h3-4,6-7,10H,1-2,5,8-9,11-12H2. The van der Waals surface area contributed by atoms with E-state index < -0.39 is 5.97 Å². The highest BCUT2D eigenvalue weighted by Gasteiger charge is 2.20. The first-order valence-corrected chi connectivity index (χ1v) is 9.77. The van der Waals surface area contributed by atoms with E-state index >= 15 is 0 Å². The number of thiazole rings is 1. The fourth-order valence-electron chi connectivity index (χ4n) is 3.26. The quantitative estimate of drug-likeness (QED) is 0.644. The molecule has 0 unspecified atom stereocenters. The summed E-state index contributed by atoms with van der Waals surface area (Å²) in [5, 5.41) is 0. The van der Waals surface area contributed by atoms with E-state index in [1.807, 2.05) is 24.3 Å². The summed E-state index contributed by atoms with van der Waals surface area (Å²) in [7, 11) is 0. The molecule has 1 saturated heterocycles. The normalized spacial score (nSPS) is 15.3. The highest BCUT2D eigenvalue weighted by molar-refractivity contribution is 7.23. The second kappa shape index (κ2) is 7.48. The Morgan fingerprint density at radius 1 is 1.19 bits per heavy atom. The summed E-state index contributed by atoms with van der Waals surface area (Å²) in [4.78, 5) is 43.1. The van der Waals surface area contributed by atoms with E-state index in [2.05, 4.69) is 4.98 Å². The van der Waals surface area contributed by atoms with Crippen LogP contribution in [0.1, 0.15) is 31.4 Å². The SMILES string of the molecule is O=C(CN1CCCCCC1=O)OCc1cc(=O)n2c(n1)sc1ccccc12. The molecule has 0 radical (unpaired) electrons. The minimum Gasteiger partial charge on any atom is -0.458 e. The number of esters is 1. The average molecular weight is 385 g/mol. The zero-order chi connectivity index (χ0) is 18.8. The van der Waals surface area contributed by atoms with E-state index in [-0.39, 0.29) is 24.6 Å². The van der Waals surface area contributed by atoms with Gasteiger partial charge in [-0.3, -0.25) is 18.8 Å². The predicted molar refractivity (Wildman–Crippen MR) is 102 cm³/mol. The number of benzene rings is 1. The first-order chi connectivity index (χ1) is 13.1. The van der Waals surface area contributed by atoms with Crippen LogP contribution in [0.5, 0.6) is 0 Å². The van der Waals surface area contributed by atoms with Gasteiger partial charge in [-0.05, 0) is 25.0 Å². The summed E-state index contributed by atoms with van der Waals surface area (Å²) in [5.41, 5.74) is 1.02. The second-order valence-electron chi connectivity index (χ2n) is 6.56. The topological polar surface area (TPSA) is 81.0 Å². The number of carbonyl (C=O) groups excluding carboxylic acids is 2. The molecule has 140 valence electrons. The number of aromatic nitrogens is 2. The van der Waals surface area contributed by atoms with E-state index in [9.17, 15) is 14.4 Å². The van der Waals surface area contributed by atoms with Crippen LogP contribution >= 0.6 is 11.3 Å². The van der Waals surface area contributed by atoms with Gasteiger partial charge in [-0.2, -0.15) is 0 Å². The molecule has 1 aromatic carbocycles. The Hall–Kier alpha value is -2.74. The van der Waals surface area contributed by atoms with Gasteiger partial charge in [0, 0.05) is 19.0 Å². The summed E-state index contributed by atoms with van der Waals surface area (Å²) in [6.45, 7) is 0.449. The maximum Gasteiger partial charge on any atom is 0.326 e. The number of hydrogen-bond donors (Lipinski definition) is 0. The van der Waals surface area contributed by atoms with Crippen LogP contribution in [0.25, 0.3) is 15.2 Å². The van der Waals surface area contributed by atoms with E-state index in [1.54, 1.807) is 9.30 Å². The minimum atomic E-state index is -0.483. The predicted octanol–water partition coefficient (Wildman–Crippen LogP) is 2.36. The first-order valence-electron chi connectivity index (χ1n) is 8.95. The van der Waals surface area contributed by atoms with E-state index in [1.165, 1.54) is 17.4 Å². The maximum absolute atomic E-state index is 12.5. The van der Waals surface area contributed by atoms with Gasteiger partial charge in [0.2, 0.25) is 5.91 Å². The molecule has 3 aromatic rings. The Kier molecular flexibility index (Phi) is 4.89. The molecule has 0 aliphatic carbocycles. The Bertz CT molecular complexity index is 1070. The van der Waals surface area contributed by atoms with Crippen molar-refractivity contribution in [2.45, 2.75) is 32.3 Å². The summed E-state index contributed by atoms with van der Waals surface area (Å²) in [6.07, 6.45) is 3.25. The zero-order valence-electron chi connectivity index (χ0n) is 14.7. The van der Waals surface area contributed by atoms with Gasteiger partial charge in [-0.1, -0.05) is 29.9 Å². The van der Waals surface area contributed by atoms with Crippen molar-refractivity contribution in [1.82, 2.24) is 14.3 Å². The van der Waals surface area contributed by atoms with Crippen molar-refractivity contribution >= 4 is 38.4 Å². The summed E-state index contributed by atoms with van der Waals surface area (Å²) >= 11 is 1.41. The highest BCUT2D eigenvalue weighted by Crippen LogP contribution is 2.23. The molecule has 0 saturated carbocycles. The Labute approximate surface area is 159 Å². The zero-order valence-corrected chi connectivity index (χ0v) is 15.5. The molecule has 0 N–H and O–H groups in total. The molecule has 8 heteroatoms. The molecule has 2 aromatic heterocycles. The molecule has 1 aliphatic heterocycles. The molecule has 1 amide bonds. The van der Waals surface area contributed by atoms with Crippen LogP contribution in [0, 0.1) is 0 Å². The van der Waals surface area contributed by atoms with E-state index in [4.69, 9.17) is 4.74 Å². The Morgan fingerprint density at radius 2 is 2.04 bits per heavy atom. The number of nitrogens with zero attached hydrogens (tertiary/aromatic N) is 3. The van der Waals surface area contributed by atoms with Gasteiger partial charge in [-0.25, -0.2) is 4.98 Å². The van der Waals surface area contributed by atoms with Crippen LogP contribution in [0.2, 0.25) is 0 Å². The van der Waals surface area contributed by atoms with Gasteiger partial charge in [0.1, 0.15) is 13.2 Å². The Balaban J connectivity index is 1.47. The summed E-state index contributed by atoms with van der Waals surface area (Å²) in [5.74, 6) is -0.490. The van der Waals surface area contributed by atoms with Crippen LogP contribution in [-0.4, -0.2) is 39.3 Å². The number of para-hydroxylation sites is 1. The monoisotopic (exact) mass is 385 g/mol. The summed E-state index contributed by atoms with van der Waals surface area (Å²) < 4.78 is 7.78. The first kappa shape index (κ1) is 17.7. The fourth-order valence-corrected chi connectivity index (χ4v) is 4.31. The maximum atomic E-state index is 12.5. The van der Waals surface area contributed by atoms with Crippen molar-refractivity contribution in [3.05, 3.63) is 46.4 Å². The smallest absolute Gasteiger partial charge is 0.326 e. The van der Waals surface area contributed by atoms with E-state index in [0.29, 0.717) is 23.6 Å². The number of ether oxygens (including phenoxy) is 1. The third kappa shape index (κ3) is 3.71. The molecule has 27 heavy (non-hydrogen) atoms. The fraction of sp³-hybridized carbons (Fsp3) is 0.368. The van der Waals surface area contributed by atoms with Crippen LogP contribution < -0.4 is 5.56 Å². The van der Waals surface area contributed by atoms with Crippen molar-refractivity contribution in [1.29, 1.82) is 0 Å². The van der Waals surface area contributed by atoms with Crippen LogP contribution in [-0.2, 0) is 20.9 Å². The van der Waals surface area contributed by atoms with Crippen LogP contribution in [0.15, 0.2) is 35.1 Å². The van der Waals surface area contributed by atoms with Crippen molar-refractivity contribution in [3.8, 4) is 0 Å². The lowest BCUT2D eigenvalue weighted by molar-refractivity contribution is -0.150. The minimum absolute atomic E-state index is 0.00693. The molecule has 1 aliphatic rings. The van der Waals surface area contributed by atoms with Crippen molar-refractivity contribution in [3.63, 3.8) is 0 Å². The largest absolute Gasteiger partial charge is 0.458 e. The number of likely N-dealkylation sites (tertiary alicyclic amines) is 1. The van der Waals surface area contributed by atoms with Gasteiger partial charge in [0.05, 0.1) is 15.9 Å². The molecule has 7 nitrogen and oxygen atoms in total.